The molecule has 0 saturated heterocycles. The molecule has 0 saturated carbocycles. The minimum atomic E-state index is 0.806. The Morgan fingerprint density at radius 3 is 1.48 bits per heavy atom. The Kier molecular flexibility index (Phi) is 14.3. The van der Waals surface area contributed by atoms with E-state index in [-0.39, 0.29) is 0 Å². The second-order valence-corrected chi connectivity index (χ2v) is 6.30. The van der Waals surface area contributed by atoms with Crippen molar-refractivity contribution < 1.29 is 4.74 Å². The third kappa shape index (κ3) is 18.8. The van der Waals surface area contributed by atoms with Crippen molar-refractivity contribution in [3.05, 3.63) is 49.0 Å². The molecule has 0 N–H and O–H groups in total. The van der Waals surface area contributed by atoms with Crippen LogP contribution in [0.5, 0.6) is 0 Å². The van der Waals surface area contributed by atoms with Crippen molar-refractivity contribution in [3.63, 3.8) is 0 Å². The Bertz CT molecular complexity index is 287. The fourth-order valence-electron chi connectivity index (χ4n) is 1.86. The van der Waals surface area contributed by atoms with Gasteiger partial charge >= 0.3 is 0 Å². The van der Waals surface area contributed by atoms with Crippen LogP contribution in [0.4, 0.5) is 0 Å². The van der Waals surface area contributed by atoms with Crippen LogP contribution in [0.15, 0.2) is 49.0 Å². The molecule has 0 aromatic carbocycles. The normalized spacial score (nSPS) is 13.0. The lowest BCUT2D eigenvalue weighted by atomic mass is 10.1. The molecule has 0 aliphatic rings. The van der Waals surface area contributed by atoms with E-state index in [2.05, 4.69) is 52.0 Å². The van der Waals surface area contributed by atoms with Gasteiger partial charge in [-0.15, -0.1) is 0 Å². The molecule has 1 nitrogen and oxygen atoms in total. The first-order chi connectivity index (χ1) is 10.1. The van der Waals surface area contributed by atoms with Gasteiger partial charge in [-0.2, -0.15) is 0 Å². The predicted molar refractivity (Wildman–Crippen MR) is 95.0 cm³/mol. The molecule has 0 radical (unpaired) electrons. The molecule has 0 atom stereocenters. The predicted octanol–water partition coefficient (Wildman–Crippen LogP) is 6.80. The van der Waals surface area contributed by atoms with Crippen LogP contribution < -0.4 is 0 Å². The maximum atomic E-state index is 5.26. The molecule has 0 unspecified atom stereocenters. The van der Waals surface area contributed by atoms with Crippen LogP contribution in [0, 0.1) is 11.8 Å². The Balaban J connectivity index is 3.47. The third-order valence-corrected chi connectivity index (χ3v) is 3.11. The molecule has 0 spiro atoms. The van der Waals surface area contributed by atoms with E-state index in [1.807, 2.05) is 12.2 Å². The lowest BCUT2D eigenvalue weighted by molar-refractivity contribution is 0.403. The summed E-state index contributed by atoms with van der Waals surface area (Å²) in [6.45, 7) is 9.07. The molecule has 1 heteroatoms. The second-order valence-electron chi connectivity index (χ2n) is 6.30. The molecule has 0 fully saturated rings. The molecule has 21 heavy (non-hydrogen) atoms. The molecule has 0 amide bonds. The highest BCUT2D eigenvalue weighted by Gasteiger charge is 1.91. The van der Waals surface area contributed by atoms with E-state index in [1.54, 1.807) is 12.5 Å². The zero-order valence-corrected chi connectivity index (χ0v) is 14.4. The Morgan fingerprint density at radius 2 is 1.10 bits per heavy atom. The van der Waals surface area contributed by atoms with Crippen molar-refractivity contribution in [2.45, 2.75) is 66.2 Å². The van der Waals surface area contributed by atoms with Crippen LogP contribution >= 0.6 is 0 Å². The maximum Gasteiger partial charge on any atom is 0.0901 e. The highest BCUT2D eigenvalue weighted by Crippen LogP contribution is 2.07. The first kappa shape index (κ1) is 19.8. The van der Waals surface area contributed by atoms with E-state index in [0.717, 1.165) is 24.7 Å². The Labute approximate surface area is 132 Å². The number of hydrogen-bond acceptors (Lipinski definition) is 1. The molecule has 0 heterocycles. The molecule has 0 bridgehead atoms. The highest BCUT2D eigenvalue weighted by atomic mass is 16.5. The molecular formula is C20H34O. The standard InChI is InChI=1S/C20H34O/c1-19(2)15-11-7-5-9-13-17-21-18-14-10-6-8-12-16-20(3)4/h5-6,9-10,13-14,17-20H,7-8,11-12,15-16H2,1-4H3. The molecule has 120 valence electrons. The summed E-state index contributed by atoms with van der Waals surface area (Å²) in [5, 5.41) is 0. The highest BCUT2D eigenvalue weighted by molar-refractivity contribution is 5.02. The topological polar surface area (TPSA) is 9.23 Å². The summed E-state index contributed by atoms with van der Waals surface area (Å²) in [5.41, 5.74) is 0. The SMILES string of the molecule is CC(C)CCCC=CC=COC=CC=CCCCC(C)C. The zero-order valence-electron chi connectivity index (χ0n) is 14.4. The van der Waals surface area contributed by atoms with Gasteiger partial charge in [-0.25, -0.2) is 0 Å². The maximum absolute atomic E-state index is 5.26. The van der Waals surface area contributed by atoms with Crippen LogP contribution in [-0.4, -0.2) is 0 Å². The van der Waals surface area contributed by atoms with Gasteiger partial charge in [-0.05, 0) is 49.7 Å². The van der Waals surface area contributed by atoms with Gasteiger partial charge in [0, 0.05) is 0 Å². The molecule has 0 aromatic rings. The molecule has 0 rings (SSSR count). The van der Waals surface area contributed by atoms with Gasteiger partial charge in [-0.3, -0.25) is 0 Å². The molecule has 0 aromatic heterocycles. The summed E-state index contributed by atoms with van der Waals surface area (Å²) in [4.78, 5) is 0. The van der Waals surface area contributed by atoms with Gasteiger partial charge in [0.05, 0.1) is 12.5 Å². The van der Waals surface area contributed by atoms with E-state index in [4.69, 9.17) is 4.74 Å². The number of hydrogen-bond donors (Lipinski definition) is 0. The van der Waals surface area contributed by atoms with Gasteiger partial charge in [0.2, 0.25) is 0 Å². The van der Waals surface area contributed by atoms with Crippen molar-refractivity contribution in [1.82, 2.24) is 0 Å². The average Bonchev–Trinajstić information content (AvgIpc) is 2.42. The molecule has 0 aliphatic carbocycles. The lowest BCUT2D eigenvalue weighted by Crippen LogP contribution is -1.84. The third-order valence-electron chi connectivity index (χ3n) is 3.11. The fraction of sp³-hybridized carbons (Fsp3) is 0.600. The summed E-state index contributed by atoms with van der Waals surface area (Å²) in [5.74, 6) is 1.61. The zero-order chi connectivity index (χ0) is 15.8. The second kappa shape index (κ2) is 15.2. The van der Waals surface area contributed by atoms with E-state index in [0.29, 0.717) is 0 Å². The van der Waals surface area contributed by atoms with E-state index >= 15 is 0 Å². The van der Waals surface area contributed by atoms with Gasteiger partial charge in [0.25, 0.3) is 0 Å². The minimum Gasteiger partial charge on any atom is -0.473 e. The number of rotatable bonds is 12. The van der Waals surface area contributed by atoms with E-state index in [1.165, 1.54) is 25.7 Å². The monoisotopic (exact) mass is 290 g/mol. The first-order valence-electron chi connectivity index (χ1n) is 8.41. The first-order valence-corrected chi connectivity index (χ1v) is 8.41. The van der Waals surface area contributed by atoms with Crippen molar-refractivity contribution in [3.8, 4) is 0 Å². The number of allylic oxidation sites excluding steroid dienone is 6. The Hall–Kier alpha value is -1.24. The van der Waals surface area contributed by atoms with Crippen LogP contribution in [0.2, 0.25) is 0 Å². The van der Waals surface area contributed by atoms with Crippen LogP contribution in [0.25, 0.3) is 0 Å². The quantitative estimate of drug-likeness (QED) is 0.218. The van der Waals surface area contributed by atoms with Crippen LogP contribution in [-0.2, 0) is 4.74 Å². The van der Waals surface area contributed by atoms with Crippen molar-refractivity contribution in [2.75, 3.05) is 0 Å². The summed E-state index contributed by atoms with van der Waals surface area (Å²) >= 11 is 0. The van der Waals surface area contributed by atoms with Crippen LogP contribution in [0.1, 0.15) is 66.2 Å². The smallest absolute Gasteiger partial charge is 0.0901 e. The molecular weight excluding hydrogens is 256 g/mol. The van der Waals surface area contributed by atoms with Crippen molar-refractivity contribution in [1.29, 1.82) is 0 Å². The fourth-order valence-corrected chi connectivity index (χ4v) is 1.86. The lowest BCUT2D eigenvalue weighted by Gasteiger charge is -2.00. The van der Waals surface area contributed by atoms with Gasteiger partial charge in [0.15, 0.2) is 0 Å². The van der Waals surface area contributed by atoms with Gasteiger partial charge in [0.1, 0.15) is 0 Å². The van der Waals surface area contributed by atoms with Crippen molar-refractivity contribution >= 4 is 0 Å². The molecule has 0 aliphatic heterocycles. The Morgan fingerprint density at radius 1 is 0.667 bits per heavy atom. The summed E-state index contributed by atoms with van der Waals surface area (Å²) in [6.07, 6.45) is 23.2. The van der Waals surface area contributed by atoms with E-state index < -0.39 is 0 Å². The largest absolute Gasteiger partial charge is 0.473 e. The summed E-state index contributed by atoms with van der Waals surface area (Å²) in [6, 6.07) is 0. The van der Waals surface area contributed by atoms with E-state index in [9.17, 15) is 0 Å². The minimum absolute atomic E-state index is 0.806. The van der Waals surface area contributed by atoms with Gasteiger partial charge < -0.3 is 4.74 Å². The average molecular weight is 290 g/mol. The summed E-state index contributed by atoms with van der Waals surface area (Å²) in [7, 11) is 0. The number of ether oxygens (including phenoxy) is 1. The van der Waals surface area contributed by atoms with Crippen LogP contribution in [0.3, 0.4) is 0 Å². The number of unbranched alkanes of at least 4 members (excludes halogenated alkanes) is 2. The van der Waals surface area contributed by atoms with Crippen molar-refractivity contribution in [2.24, 2.45) is 11.8 Å². The summed E-state index contributed by atoms with van der Waals surface area (Å²) < 4.78 is 5.26. The van der Waals surface area contributed by atoms with Gasteiger partial charge in [-0.1, -0.05) is 64.8 Å².